The van der Waals surface area contributed by atoms with E-state index in [0.717, 1.165) is 59.3 Å². The number of para-hydroxylation sites is 1. The Morgan fingerprint density at radius 2 is 1.86 bits per heavy atom. The van der Waals surface area contributed by atoms with Gasteiger partial charge in [0.2, 0.25) is 11.8 Å². The summed E-state index contributed by atoms with van der Waals surface area (Å²) in [6, 6.07) is 13.7. The van der Waals surface area contributed by atoms with E-state index in [1.165, 1.54) is 10.9 Å². The van der Waals surface area contributed by atoms with Crippen LogP contribution in [0.5, 0.6) is 0 Å². The van der Waals surface area contributed by atoms with Gasteiger partial charge >= 0.3 is 0 Å². The number of aryl methyl sites for hydroxylation is 2. The summed E-state index contributed by atoms with van der Waals surface area (Å²) in [5, 5.41) is 8.58. The monoisotopic (exact) mass is 527 g/mol. The van der Waals surface area contributed by atoms with Crippen molar-refractivity contribution in [2.45, 2.75) is 44.7 Å². The van der Waals surface area contributed by atoms with E-state index in [-0.39, 0.29) is 42.7 Å². The second kappa shape index (κ2) is 10.2. The Balaban J connectivity index is 0.00000152. The van der Waals surface area contributed by atoms with Crippen molar-refractivity contribution in [3.8, 4) is 11.4 Å². The number of fused-ring (bicyclic) bond motifs is 4. The third-order valence-corrected chi connectivity index (χ3v) is 7.54. The minimum Gasteiger partial charge on any atom is -0.329 e. The summed E-state index contributed by atoms with van der Waals surface area (Å²) in [7, 11) is 2.05. The molecular weight excluding hydrogens is 497 g/mol. The minimum atomic E-state index is -0.413. The Morgan fingerprint density at radius 1 is 1.06 bits per heavy atom. The molecule has 2 saturated heterocycles. The van der Waals surface area contributed by atoms with Crippen LogP contribution in [-0.4, -0.2) is 51.4 Å². The van der Waals surface area contributed by atoms with Crippen LogP contribution in [-0.2, 0) is 16.6 Å². The molecule has 9 heteroatoms. The number of anilines is 1. The molecule has 4 aliphatic rings. The number of hydrogen-bond donors (Lipinski definition) is 2. The molecule has 2 aromatic carbocycles. The lowest BCUT2D eigenvalue weighted by Gasteiger charge is -2.26. The van der Waals surface area contributed by atoms with E-state index in [4.69, 9.17) is 4.98 Å². The largest absolute Gasteiger partial charge is 0.329 e. The van der Waals surface area contributed by atoms with Crippen molar-refractivity contribution < 1.29 is 9.59 Å². The van der Waals surface area contributed by atoms with Crippen molar-refractivity contribution in [1.29, 1.82) is 0 Å². The van der Waals surface area contributed by atoms with Gasteiger partial charge in [0.15, 0.2) is 0 Å². The fraction of sp³-hybridized carbons (Fsp3) is 0.370. The predicted molar refractivity (Wildman–Crippen MR) is 148 cm³/mol. The number of amides is 2. The number of halogens is 2. The van der Waals surface area contributed by atoms with Gasteiger partial charge < -0.3 is 20.1 Å². The molecule has 0 bridgehead atoms. The van der Waals surface area contributed by atoms with Gasteiger partial charge in [-0.1, -0.05) is 18.2 Å². The summed E-state index contributed by atoms with van der Waals surface area (Å²) >= 11 is 0. The van der Waals surface area contributed by atoms with Crippen molar-refractivity contribution in [3.63, 3.8) is 0 Å². The predicted octanol–water partition coefficient (Wildman–Crippen LogP) is 4.66. The van der Waals surface area contributed by atoms with Gasteiger partial charge in [0.1, 0.15) is 11.9 Å². The fourth-order valence-corrected chi connectivity index (χ4v) is 5.77. The molecule has 2 fully saturated rings. The quantitative estimate of drug-likeness (QED) is 0.405. The zero-order valence-electron chi connectivity index (χ0n) is 20.4. The average molecular weight is 528 g/mol. The lowest BCUT2D eigenvalue weighted by Crippen LogP contribution is -2.49. The first-order valence-corrected chi connectivity index (χ1v) is 12.1. The van der Waals surface area contributed by atoms with Gasteiger partial charge in [0, 0.05) is 41.1 Å². The molecule has 2 amide bonds. The van der Waals surface area contributed by atoms with Crippen molar-refractivity contribution in [1.82, 2.24) is 19.8 Å². The topological polar surface area (TPSA) is 79.3 Å². The Bertz CT molecular complexity index is 1410. The number of carbonyl (C=O) groups excluding carboxylic acids is 2. The van der Waals surface area contributed by atoms with Crippen LogP contribution in [0.2, 0.25) is 0 Å². The van der Waals surface area contributed by atoms with Gasteiger partial charge in [0.05, 0.1) is 11.6 Å². The fourth-order valence-electron chi connectivity index (χ4n) is 5.77. The van der Waals surface area contributed by atoms with E-state index in [0.29, 0.717) is 13.0 Å². The number of nitrogens with one attached hydrogen (secondary N) is 2. The number of hydrogen-bond acceptors (Lipinski definition) is 4. The number of pyridine rings is 1. The second-order valence-electron chi connectivity index (χ2n) is 9.57. The molecule has 36 heavy (non-hydrogen) atoms. The maximum atomic E-state index is 13.2. The lowest BCUT2D eigenvalue weighted by atomic mass is 10.00. The zero-order valence-corrected chi connectivity index (χ0v) is 22.0. The highest BCUT2D eigenvalue weighted by molar-refractivity contribution is 6.06. The molecule has 0 unspecified atom stereocenters. The Labute approximate surface area is 222 Å². The van der Waals surface area contributed by atoms with E-state index in [9.17, 15) is 9.59 Å². The van der Waals surface area contributed by atoms with Crippen LogP contribution in [0.3, 0.4) is 0 Å². The van der Waals surface area contributed by atoms with Crippen LogP contribution in [0, 0.1) is 6.92 Å². The maximum Gasteiger partial charge on any atom is 0.247 e. The Morgan fingerprint density at radius 3 is 2.64 bits per heavy atom. The summed E-state index contributed by atoms with van der Waals surface area (Å²) in [6.45, 7) is 3.65. The van der Waals surface area contributed by atoms with E-state index in [2.05, 4.69) is 40.3 Å². The van der Waals surface area contributed by atoms with Crippen molar-refractivity contribution in [2.24, 2.45) is 7.05 Å². The number of likely N-dealkylation sites (tertiary alicyclic amines) is 1. The summed E-state index contributed by atoms with van der Waals surface area (Å²) in [5.74, 6) is 0.887. The highest BCUT2D eigenvalue weighted by Gasteiger charge is 2.37. The van der Waals surface area contributed by atoms with E-state index in [1.807, 2.05) is 31.3 Å². The normalized spacial score (nSPS) is 19.4. The molecule has 0 spiro atoms. The van der Waals surface area contributed by atoms with E-state index in [1.54, 1.807) is 4.90 Å². The first-order chi connectivity index (χ1) is 16.5. The third-order valence-electron chi connectivity index (χ3n) is 7.54. The first kappa shape index (κ1) is 26.2. The standard InChI is InChI=1S/C27H29N5O2.2ClH/c1-16-18-7-3-4-9-22(18)31(2)25-24(16)19-15-17(11-12-20(19)30-25)29-26(33)23-10-6-14-32(23)27(34)21-8-5-13-28-21;;/h3-4,7,9,11-12,15,21,23,28H,5-6,8,10,13-14H2,1-2H3,(H,29,33);2*1H/t21-,23-;;/m0../s1. The van der Waals surface area contributed by atoms with Crippen LogP contribution in [0.1, 0.15) is 31.2 Å². The molecule has 0 aliphatic carbocycles. The number of rotatable bonds is 3. The maximum absolute atomic E-state index is 13.2. The summed E-state index contributed by atoms with van der Waals surface area (Å²) in [6.07, 6.45) is 3.42. The molecule has 0 saturated carbocycles. The third kappa shape index (κ3) is 4.19. The van der Waals surface area contributed by atoms with E-state index < -0.39 is 6.04 Å². The van der Waals surface area contributed by atoms with Gasteiger partial charge in [-0.2, -0.15) is 0 Å². The molecule has 4 aliphatic heterocycles. The number of carbonyl (C=O) groups is 2. The minimum absolute atomic E-state index is 0. The van der Waals surface area contributed by atoms with Crippen LogP contribution in [0.25, 0.3) is 33.2 Å². The first-order valence-electron chi connectivity index (χ1n) is 12.1. The number of nitrogens with zero attached hydrogens (tertiary/aromatic N) is 3. The van der Waals surface area contributed by atoms with Crippen LogP contribution >= 0.6 is 24.8 Å². The molecule has 0 radical (unpaired) electrons. The van der Waals surface area contributed by atoms with Crippen molar-refractivity contribution in [3.05, 3.63) is 48.0 Å². The Kier molecular flexibility index (Phi) is 7.46. The van der Waals surface area contributed by atoms with Crippen LogP contribution in [0.15, 0.2) is 42.5 Å². The highest BCUT2D eigenvalue weighted by Crippen LogP contribution is 2.39. The van der Waals surface area contributed by atoms with E-state index >= 15 is 0 Å². The van der Waals surface area contributed by atoms with Crippen molar-refractivity contribution in [2.75, 3.05) is 18.4 Å². The van der Waals surface area contributed by atoms with Gasteiger partial charge in [-0.15, -0.1) is 24.8 Å². The van der Waals surface area contributed by atoms with Crippen LogP contribution < -0.4 is 10.6 Å². The smallest absolute Gasteiger partial charge is 0.247 e. The Hall–Kier alpha value is -2.87. The molecule has 2 N–H and O–H groups in total. The van der Waals surface area contributed by atoms with Crippen molar-refractivity contribution >= 4 is 64.1 Å². The molecule has 2 atom stereocenters. The molecular formula is C27H31Cl2N5O2. The summed E-state index contributed by atoms with van der Waals surface area (Å²) < 4.78 is 2.13. The lowest BCUT2D eigenvalue weighted by molar-refractivity contribution is -0.138. The molecule has 0 aromatic heterocycles. The molecule has 4 heterocycles. The zero-order chi connectivity index (χ0) is 23.4. The summed E-state index contributed by atoms with van der Waals surface area (Å²) in [5.41, 5.74) is 5.09. The SMILES string of the molecule is Cc1c2c3cc(NC(=O)[C@@H]4CCCN4C(=O)[C@@H]4CCCN4)ccc3nc-2n(C)c2ccccc12.Cl.Cl. The molecule has 2 aromatic rings. The molecule has 190 valence electrons. The summed E-state index contributed by atoms with van der Waals surface area (Å²) in [4.78, 5) is 32.8. The molecule has 7 nitrogen and oxygen atoms in total. The van der Waals surface area contributed by atoms with Gasteiger partial charge in [-0.25, -0.2) is 4.98 Å². The van der Waals surface area contributed by atoms with Gasteiger partial charge in [-0.3, -0.25) is 9.59 Å². The number of aromatic nitrogens is 2. The average Bonchev–Trinajstić information content (AvgIpc) is 3.61. The molecule has 6 rings (SSSR count). The highest BCUT2D eigenvalue weighted by atomic mass is 35.5. The number of benzene rings is 2. The van der Waals surface area contributed by atoms with Crippen LogP contribution in [0.4, 0.5) is 5.69 Å². The van der Waals surface area contributed by atoms with Gasteiger partial charge in [-0.05, 0) is 69.0 Å². The second-order valence-corrected chi connectivity index (χ2v) is 9.57. The van der Waals surface area contributed by atoms with Gasteiger partial charge in [0.25, 0.3) is 0 Å².